The molecule has 0 aromatic heterocycles. The Morgan fingerprint density at radius 2 is 0.889 bits per heavy atom. The minimum absolute atomic E-state index is 0. The predicted molar refractivity (Wildman–Crippen MR) is 127 cm³/mol. The van der Waals surface area contributed by atoms with Crippen LogP contribution in [-0.2, 0) is 36.7 Å². The van der Waals surface area contributed by atoms with Gasteiger partial charge in [0.25, 0.3) is 0 Å². The molecule has 2 rings (SSSR count). The Morgan fingerprint density at radius 3 is 0.963 bits per heavy atom. The Kier molecular flexibility index (Phi) is 15.7. The van der Waals surface area contributed by atoms with Crippen LogP contribution in [0.5, 0.6) is 0 Å². The van der Waals surface area contributed by atoms with Gasteiger partial charge in [-0.25, -0.2) is 12.1 Å². The van der Waals surface area contributed by atoms with Crippen molar-refractivity contribution in [2.45, 2.75) is 93.2 Å². The molecule has 0 saturated heterocycles. The van der Waals surface area contributed by atoms with Crippen LogP contribution in [0.15, 0.2) is 24.3 Å². The first-order valence-electron chi connectivity index (χ1n) is 9.46. The first-order chi connectivity index (χ1) is 11.2. The van der Waals surface area contributed by atoms with Crippen LogP contribution in [0.25, 0.3) is 0 Å². The van der Waals surface area contributed by atoms with Gasteiger partial charge in [-0.05, 0) is 10.8 Å². The van der Waals surface area contributed by atoms with Crippen LogP contribution in [0.1, 0.15) is 74.9 Å². The number of halogens is 1. The van der Waals surface area contributed by atoms with Gasteiger partial charge in [0.05, 0.1) is 0 Å². The largest absolute Gasteiger partial charge is 0.207 e. The summed E-state index contributed by atoms with van der Waals surface area (Å²) in [5.74, 6) is 0. The summed E-state index contributed by atoms with van der Waals surface area (Å²) in [6.45, 7) is 26.6. The monoisotopic (exact) mass is 438 g/mol. The molecule has 2 aromatic rings. The standard InChI is InChI=1S/2C11H17.C2H7Si.ClH.Sc/c2*1-8-6-10(7-9(8)2)11(3,4)5;1-3-2;;/h2*6-7H,1-5H3;3H,1-2H3;1H;/q2*-1;;;. The molecule has 0 spiro atoms. The fourth-order valence-corrected chi connectivity index (χ4v) is 2.34. The van der Waals surface area contributed by atoms with Gasteiger partial charge in [-0.3, -0.25) is 0 Å². The quantitative estimate of drug-likeness (QED) is 0.293. The average Bonchev–Trinajstić information content (AvgIpc) is 2.95. The van der Waals surface area contributed by atoms with E-state index in [1.165, 1.54) is 33.4 Å². The molecule has 0 fully saturated rings. The van der Waals surface area contributed by atoms with Crippen molar-refractivity contribution in [3.05, 3.63) is 57.6 Å². The van der Waals surface area contributed by atoms with E-state index >= 15 is 0 Å². The second-order valence-corrected chi connectivity index (χ2v) is 10.5. The summed E-state index contributed by atoms with van der Waals surface area (Å²) in [6, 6.07) is 9.15. The van der Waals surface area contributed by atoms with Gasteiger partial charge in [-0.2, -0.15) is 45.5 Å². The van der Waals surface area contributed by atoms with Crippen LogP contribution in [0.3, 0.4) is 0 Å². The van der Waals surface area contributed by atoms with Crippen molar-refractivity contribution in [3.63, 3.8) is 0 Å². The number of rotatable bonds is 0. The van der Waals surface area contributed by atoms with Gasteiger partial charge < -0.3 is 0 Å². The first kappa shape index (κ1) is 31.8. The molecule has 0 unspecified atom stereocenters. The van der Waals surface area contributed by atoms with E-state index in [2.05, 4.69) is 107 Å². The van der Waals surface area contributed by atoms with Gasteiger partial charge in [0, 0.05) is 35.4 Å². The summed E-state index contributed by atoms with van der Waals surface area (Å²) < 4.78 is 0. The number of hydrogen-bond donors (Lipinski definition) is 0. The maximum Gasteiger partial charge on any atom is 0.0213 e. The molecular weight excluding hydrogens is 397 g/mol. The van der Waals surface area contributed by atoms with Gasteiger partial charge in [0.2, 0.25) is 0 Å². The van der Waals surface area contributed by atoms with Gasteiger partial charge in [0.15, 0.2) is 0 Å². The first-order valence-corrected chi connectivity index (χ1v) is 11.8. The van der Waals surface area contributed by atoms with E-state index in [4.69, 9.17) is 0 Å². The Morgan fingerprint density at radius 1 is 0.667 bits per heavy atom. The molecule has 0 atom stereocenters. The zero-order chi connectivity index (χ0) is 20.0. The summed E-state index contributed by atoms with van der Waals surface area (Å²) in [5, 5.41) is 0. The molecule has 3 heteroatoms. The molecular formula is C24H42ClScSi-2. The second kappa shape index (κ2) is 13.3. The van der Waals surface area contributed by atoms with Crippen molar-refractivity contribution >= 4 is 21.9 Å². The summed E-state index contributed by atoms with van der Waals surface area (Å²) >= 11 is 0. The van der Waals surface area contributed by atoms with Crippen LogP contribution < -0.4 is 0 Å². The molecule has 0 aliphatic rings. The topological polar surface area (TPSA) is 0 Å². The third-order valence-electron chi connectivity index (χ3n) is 4.46. The summed E-state index contributed by atoms with van der Waals surface area (Å²) in [7, 11) is 0.750. The molecule has 0 bridgehead atoms. The van der Waals surface area contributed by atoms with E-state index in [0.29, 0.717) is 10.8 Å². The predicted octanol–water partition coefficient (Wildman–Crippen LogP) is 7.58. The molecule has 0 saturated carbocycles. The smallest absolute Gasteiger partial charge is 0.0213 e. The number of hydrogen-bond acceptors (Lipinski definition) is 0. The minimum Gasteiger partial charge on any atom is -0.207 e. The fourth-order valence-electron chi connectivity index (χ4n) is 2.34. The van der Waals surface area contributed by atoms with Crippen molar-refractivity contribution in [1.82, 2.24) is 0 Å². The van der Waals surface area contributed by atoms with Crippen molar-refractivity contribution in [1.29, 1.82) is 0 Å². The van der Waals surface area contributed by atoms with Gasteiger partial charge >= 0.3 is 0 Å². The van der Waals surface area contributed by atoms with Gasteiger partial charge in [-0.15, -0.1) is 12.4 Å². The Bertz CT molecular complexity index is 541. The third-order valence-corrected chi connectivity index (χ3v) is 4.46. The van der Waals surface area contributed by atoms with Crippen molar-refractivity contribution < 1.29 is 25.8 Å². The van der Waals surface area contributed by atoms with E-state index in [-0.39, 0.29) is 38.3 Å². The Hall–Kier alpha value is 0.0770. The van der Waals surface area contributed by atoms with E-state index in [1.54, 1.807) is 0 Å². The van der Waals surface area contributed by atoms with Crippen LogP contribution in [0.2, 0.25) is 13.1 Å². The Labute approximate surface area is 197 Å². The zero-order valence-electron chi connectivity index (χ0n) is 19.9. The summed E-state index contributed by atoms with van der Waals surface area (Å²) in [6.07, 6.45) is 0. The summed E-state index contributed by atoms with van der Waals surface area (Å²) in [5.41, 5.74) is 9.16. The zero-order valence-corrected chi connectivity index (χ0v) is 23.6. The third kappa shape index (κ3) is 11.6. The Balaban J connectivity index is -0.000000350. The number of aryl methyl sites for hydroxylation is 4. The van der Waals surface area contributed by atoms with Crippen LogP contribution in [0, 0.1) is 27.7 Å². The molecule has 0 N–H and O–H groups in total. The molecule has 2 aromatic carbocycles. The van der Waals surface area contributed by atoms with Crippen LogP contribution in [0.4, 0.5) is 0 Å². The van der Waals surface area contributed by atoms with E-state index in [1.807, 2.05) is 0 Å². The fraction of sp³-hybridized carbons (Fsp3) is 0.583. The molecule has 0 aliphatic carbocycles. The maximum atomic E-state index is 2.29. The molecule has 0 nitrogen and oxygen atoms in total. The van der Waals surface area contributed by atoms with Crippen molar-refractivity contribution in [2.75, 3.05) is 0 Å². The second-order valence-electron chi connectivity index (χ2n) is 9.30. The molecule has 0 aliphatic heterocycles. The van der Waals surface area contributed by atoms with Gasteiger partial charge in [-0.1, -0.05) is 82.3 Å². The SMILES string of the molecule is C[SiH]C.Cc1cc(C(C)(C)C)[cH-]c1C.Cc1cc(C(C)(C)C)[cH-]c1C.Cl.[Sc]. The van der Waals surface area contributed by atoms with Crippen molar-refractivity contribution in [3.8, 4) is 0 Å². The molecule has 0 amide bonds. The summed E-state index contributed by atoms with van der Waals surface area (Å²) in [4.78, 5) is 0. The maximum absolute atomic E-state index is 2.29. The van der Waals surface area contributed by atoms with Crippen molar-refractivity contribution in [2.24, 2.45) is 0 Å². The molecule has 154 valence electrons. The molecule has 2 radical (unpaired) electrons. The van der Waals surface area contributed by atoms with Gasteiger partial charge in [0.1, 0.15) is 0 Å². The van der Waals surface area contributed by atoms with Crippen LogP contribution in [-0.4, -0.2) is 9.52 Å². The molecule has 0 heterocycles. The normalized spacial score (nSPS) is 10.5. The minimum atomic E-state index is 0. The average molecular weight is 439 g/mol. The van der Waals surface area contributed by atoms with E-state index in [0.717, 1.165) is 9.52 Å². The van der Waals surface area contributed by atoms with E-state index < -0.39 is 0 Å². The molecule has 27 heavy (non-hydrogen) atoms. The van der Waals surface area contributed by atoms with Crippen LogP contribution >= 0.6 is 12.4 Å². The van der Waals surface area contributed by atoms with E-state index in [9.17, 15) is 0 Å².